The van der Waals surface area contributed by atoms with Crippen molar-refractivity contribution >= 4 is 30.0 Å². The Hall–Kier alpha value is -1.59. The number of hydrogen-bond acceptors (Lipinski definition) is 3. The number of carboxylic acids is 1. The van der Waals surface area contributed by atoms with Crippen LogP contribution in [0, 0.1) is 5.92 Å². The molecule has 2 rings (SSSR count). The number of carboxylic acid groups (broad SMARTS) is 1. The number of unbranched alkanes of at least 4 members (excludes halogenated alkanes) is 2. The van der Waals surface area contributed by atoms with Crippen LogP contribution in [0.25, 0.3) is 0 Å². The molecule has 1 N–H and O–H groups in total. The normalized spacial score (nSPS) is 17.2. The van der Waals surface area contributed by atoms with E-state index in [2.05, 4.69) is 18.9 Å². The molecule has 1 fully saturated rings. The summed E-state index contributed by atoms with van der Waals surface area (Å²) in [5.74, 6) is -1.60. The Kier molecular flexibility index (Phi) is 8.22. The fourth-order valence-corrected chi connectivity index (χ4v) is 2.93. The summed E-state index contributed by atoms with van der Waals surface area (Å²) < 4.78 is 0. The molecular formula is C18H27ClN2O3. The van der Waals surface area contributed by atoms with Crippen molar-refractivity contribution < 1.29 is 14.7 Å². The van der Waals surface area contributed by atoms with Crippen molar-refractivity contribution in [3.05, 3.63) is 29.8 Å². The van der Waals surface area contributed by atoms with E-state index < -0.39 is 11.9 Å². The van der Waals surface area contributed by atoms with E-state index in [0.29, 0.717) is 0 Å². The van der Waals surface area contributed by atoms with Gasteiger partial charge in [-0.15, -0.1) is 12.4 Å². The molecular weight excluding hydrogens is 328 g/mol. The Bertz CT molecular complexity index is 548. The van der Waals surface area contributed by atoms with Gasteiger partial charge < -0.3 is 14.9 Å². The molecule has 0 spiro atoms. The first kappa shape index (κ1) is 20.5. The standard InChI is InChI=1S/C18H26N2O3.ClH/c1-3-4-5-10-19(2)12-14-6-8-16(9-7-14)20-13-15(18(22)23)11-17(20)21;/h6-9,15H,3-5,10-13H2,1-2H3,(H,22,23);1H. The largest absolute Gasteiger partial charge is 0.481 e. The van der Waals surface area contributed by atoms with E-state index in [-0.39, 0.29) is 31.3 Å². The highest BCUT2D eigenvalue weighted by Crippen LogP contribution is 2.25. The van der Waals surface area contributed by atoms with E-state index in [4.69, 9.17) is 5.11 Å². The summed E-state index contributed by atoms with van der Waals surface area (Å²) >= 11 is 0. The van der Waals surface area contributed by atoms with E-state index in [1.165, 1.54) is 24.8 Å². The molecule has 5 nitrogen and oxygen atoms in total. The second-order valence-corrected chi connectivity index (χ2v) is 6.35. The molecule has 1 amide bonds. The highest BCUT2D eigenvalue weighted by molar-refractivity contribution is 5.99. The number of amides is 1. The Morgan fingerprint density at radius 3 is 2.50 bits per heavy atom. The molecule has 1 aliphatic heterocycles. The average Bonchev–Trinajstić information content (AvgIpc) is 2.90. The monoisotopic (exact) mass is 354 g/mol. The zero-order valence-electron chi connectivity index (χ0n) is 14.4. The number of hydrogen-bond donors (Lipinski definition) is 1. The molecule has 134 valence electrons. The van der Waals surface area contributed by atoms with Gasteiger partial charge >= 0.3 is 5.97 Å². The first-order chi connectivity index (χ1) is 11.0. The Labute approximate surface area is 150 Å². The molecule has 1 saturated heterocycles. The van der Waals surface area contributed by atoms with E-state index >= 15 is 0 Å². The van der Waals surface area contributed by atoms with E-state index in [1.54, 1.807) is 4.90 Å². The highest BCUT2D eigenvalue weighted by Gasteiger charge is 2.34. The van der Waals surface area contributed by atoms with Gasteiger partial charge in [-0.3, -0.25) is 9.59 Å². The minimum atomic E-state index is -0.897. The molecule has 1 aromatic carbocycles. The Morgan fingerprint density at radius 1 is 1.29 bits per heavy atom. The maximum absolute atomic E-state index is 12.0. The smallest absolute Gasteiger partial charge is 0.308 e. The summed E-state index contributed by atoms with van der Waals surface area (Å²) in [6, 6.07) is 7.87. The van der Waals surface area contributed by atoms with Crippen molar-refractivity contribution in [3.8, 4) is 0 Å². The van der Waals surface area contributed by atoms with E-state index in [1.807, 2.05) is 24.3 Å². The van der Waals surface area contributed by atoms with Gasteiger partial charge in [0.1, 0.15) is 0 Å². The van der Waals surface area contributed by atoms with Crippen LogP contribution in [0.15, 0.2) is 24.3 Å². The SMILES string of the molecule is CCCCCN(C)Cc1ccc(N2CC(C(=O)O)CC2=O)cc1.Cl. The van der Waals surface area contributed by atoms with Crippen molar-refractivity contribution in [2.24, 2.45) is 5.92 Å². The molecule has 0 radical (unpaired) electrons. The predicted molar refractivity (Wildman–Crippen MR) is 97.6 cm³/mol. The minimum Gasteiger partial charge on any atom is -0.481 e. The highest BCUT2D eigenvalue weighted by atomic mass is 35.5. The summed E-state index contributed by atoms with van der Waals surface area (Å²) in [5.41, 5.74) is 1.99. The number of rotatable bonds is 8. The van der Waals surface area contributed by atoms with Gasteiger partial charge in [0, 0.05) is 25.2 Å². The zero-order chi connectivity index (χ0) is 16.8. The quantitative estimate of drug-likeness (QED) is 0.728. The average molecular weight is 355 g/mol. The van der Waals surface area contributed by atoms with Crippen molar-refractivity contribution in [1.82, 2.24) is 4.90 Å². The second kappa shape index (κ2) is 9.64. The summed E-state index contributed by atoms with van der Waals surface area (Å²) in [5, 5.41) is 9.04. The second-order valence-electron chi connectivity index (χ2n) is 6.35. The van der Waals surface area contributed by atoms with Gasteiger partial charge in [-0.05, 0) is 37.7 Å². The van der Waals surface area contributed by atoms with Crippen LogP contribution < -0.4 is 4.90 Å². The number of nitrogens with zero attached hydrogens (tertiary/aromatic N) is 2. The first-order valence-corrected chi connectivity index (χ1v) is 8.32. The minimum absolute atomic E-state index is 0. The van der Waals surface area contributed by atoms with Crippen LogP contribution >= 0.6 is 12.4 Å². The lowest BCUT2D eigenvalue weighted by Crippen LogP contribution is -2.25. The molecule has 1 heterocycles. The summed E-state index contributed by atoms with van der Waals surface area (Å²) in [4.78, 5) is 26.9. The number of halogens is 1. The van der Waals surface area contributed by atoms with Crippen molar-refractivity contribution in [1.29, 1.82) is 0 Å². The van der Waals surface area contributed by atoms with Crippen molar-refractivity contribution in [2.75, 3.05) is 25.0 Å². The van der Waals surface area contributed by atoms with Gasteiger partial charge in [0.15, 0.2) is 0 Å². The Morgan fingerprint density at radius 2 is 1.96 bits per heavy atom. The maximum atomic E-state index is 12.0. The Balaban J connectivity index is 0.00000288. The lowest BCUT2D eigenvalue weighted by molar-refractivity contribution is -0.141. The predicted octanol–water partition coefficient (Wildman–Crippen LogP) is 3.17. The van der Waals surface area contributed by atoms with Gasteiger partial charge in [0.05, 0.1) is 5.92 Å². The van der Waals surface area contributed by atoms with Crippen LogP contribution in [0.1, 0.15) is 38.2 Å². The van der Waals surface area contributed by atoms with Gasteiger partial charge in [-0.25, -0.2) is 0 Å². The maximum Gasteiger partial charge on any atom is 0.308 e. The number of carbonyl (C=O) groups is 2. The molecule has 1 aliphatic rings. The fourth-order valence-electron chi connectivity index (χ4n) is 2.93. The van der Waals surface area contributed by atoms with Crippen molar-refractivity contribution in [2.45, 2.75) is 39.2 Å². The van der Waals surface area contributed by atoms with E-state index in [9.17, 15) is 9.59 Å². The van der Waals surface area contributed by atoms with Crippen LogP contribution in [0.2, 0.25) is 0 Å². The molecule has 1 unspecified atom stereocenters. The lowest BCUT2D eigenvalue weighted by Gasteiger charge is -2.19. The van der Waals surface area contributed by atoms with Crippen LogP contribution in [0.3, 0.4) is 0 Å². The third-order valence-electron chi connectivity index (χ3n) is 4.32. The first-order valence-electron chi connectivity index (χ1n) is 8.32. The molecule has 6 heteroatoms. The molecule has 0 bridgehead atoms. The number of anilines is 1. The summed E-state index contributed by atoms with van der Waals surface area (Å²) in [6.07, 6.45) is 3.79. The summed E-state index contributed by atoms with van der Waals surface area (Å²) in [6.45, 7) is 4.44. The van der Waals surface area contributed by atoms with Gasteiger partial charge in [-0.2, -0.15) is 0 Å². The molecule has 24 heavy (non-hydrogen) atoms. The number of aliphatic carboxylic acids is 1. The van der Waals surface area contributed by atoms with Crippen LogP contribution in [-0.2, 0) is 16.1 Å². The number of benzene rings is 1. The van der Waals surface area contributed by atoms with Crippen molar-refractivity contribution in [3.63, 3.8) is 0 Å². The topological polar surface area (TPSA) is 60.9 Å². The summed E-state index contributed by atoms with van der Waals surface area (Å²) in [7, 11) is 2.12. The third kappa shape index (κ3) is 5.49. The third-order valence-corrected chi connectivity index (χ3v) is 4.32. The fraction of sp³-hybridized carbons (Fsp3) is 0.556. The number of carbonyl (C=O) groups excluding carboxylic acids is 1. The van der Waals surface area contributed by atoms with Crippen LogP contribution in [0.4, 0.5) is 5.69 Å². The van der Waals surface area contributed by atoms with Gasteiger partial charge in [-0.1, -0.05) is 31.9 Å². The lowest BCUT2D eigenvalue weighted by atomic mass is 10.1. The molecule has 1 aromatic rings. The molecule has 0 saturated carbocycles. The molecule has 1 atom stereocenters. The van der Waals surface area contributed by atoms with Gasteiger partial charge in [0.25, 0.3) is 0 Å². The van der Waals surface area contributed by atoms with Crippen LogP contribution in [0.5, 0.6) is 0 Å². The van der Waals surface area contributed by atoms with E-state index in [0.717, 1.165) is 18.8 Å². The van der Waals surface area contributed by atoms with Crippen LogP contribution in [-0.4, -0.2) is 42.0 Å². The molecule has 0 aromatic heterocycles. The molecule has 0 aliphatic carbocycles. The zero-order valence-corrected chi connectivity index (χ0v) is 15.2. The van der Waals surface area contributed by atoms with Gasteiger partial charge in [0.2, 0.25) is 5.91 Å².